The van der Waals surface area contributed by atoms with Gasteiger partial charge in [-0.1, -0.05) is 11.6 Å². The van der Waals surface area contributed by atoms with Gasteiger partial charge in [0.2, 0.25) is 0 Å². The minimum atomic E-state index is -0.531. The zero-order valence-electron chi connectivity index (χ0n) is 7.17. The molecule has 0 spiro atoms. The fourth-order valence-corrected chi connectivity index (χ4v) is 1.69. The summed E-state index contributed by atoms with van der Waals surface area (Å²) in [7, 11) is 1.27. The van der Waals surface area contributed by atoms with Crippen LogP contribution in [0, 0.1) is 14.9 Å². The molecule has 0 aliphatic rings. The van der Waals surface area contributed by atoms with Crippen LogP contribution in [0.1, 0.15) is 15.9 Å². The van der Waals surface area contributed by atoms with E-state index in [1.807, 2.05) is 28.7 Å². The van der Waals surface area contributed by atoms with E-state index < -0.39 is 5.97 Å². The Morgan fingerprint density at radius 3 is 2.79 bits per heavy atom. The lowest BCUT2D eigenvalue weighted by atomic mass is 10.1. The van der Waals surface area contributed by atoms with Gasteiger partial charge < -0.3 is 4.74 Å². The molecule has 0 atom stereocenters. The topological polar surface area (TPSA) is 50.1 Å². The average molecular weight is 322 g/mol. The van der Waals surface area contributed by atoms with Crippen LogP contribution in [0.15, 0.2) is 12.1 Å². The van der Waals surface area contributed by atoms with Crippen molar-refractivity contribution >= 4 is 40.2 Å². The summed E-state index contributed by atoms with van der Waals surface area (Å²) in [5.41, 5.74) is 0.494. The number of carbonyl (C=O) groups excluding carboxylic acids is 1. The van der Waals surface area contributed by atoms with Crippen molar-refractivity contribution in [2.45, 2.75) is 0 Å². The zero-order chi connectivity index (χ0) is 10.7. The van der Waals surface area contributed by atoms with Crippen molar-refractivity contribution in [1.29, 1.82) is 5.26 Å². The van der Waals surface area contributed by atoms with E-state index >= 15 is 0 Å². The molecule has 0 amide bonds. The first-order valence-electron chi connectivity index (χ1n) is 3.58. The van der Waals surface area contributed by atoms with Crippen LogP contribution in [0.25, 0.3) is 0 Å². The largest absolute Gasteiger partial charge is 0.465 e. The molecule has 3 nitrogen and oxygen atoms in total. The lowest BCUT2D eigenvalue weighted by Gasteiger charge is -2.04. The molecule has 1 rings (SSSR count). The zero-order valence-corrected chi connectivity index (χ0v) is 10.1. The van der Waals surface area contributed by atoms with Gasteiger partial charge in [0, 0.05) is 0 Å². The maximum atomic E-state index is 11.2. The molecule has 0 unspecified atom stereocenters. The Labute approximate surface area is 99.8 Å². The Bertz CT molecular complexity index is 426. The molecule has 0 saturated carbocycles. The summed E-state index contributed by atoms with van der Waals surface area (Å²) in [6.45, 7) is 0. The number of hydrogen-bond donors (Lipinski definition) is 0. The first kappa shape index (κ1) is 11.3. The van der Waals surface area contributed by atoms with Gasteiger partial charge in [-0.3, -0.25) is 0 Å². The molecule has 0 radical (unpaired) electrons. The highest BCUT2D eigenvalue weighted by molar-refractivity contribution is 14.1. The normalized spacial score (nSPS) is 9.29. The van der Waals surface area contributed by atoms with Gasteiger partial charge in [-0.05, 0) is 34.7 Å². The van der Waals surface area contributed by atoms with E-state index in [4.69, 9.17) is 16.9 Å². The Balaban J connectivity index is 3.40. The predicted octanol–water partition coefficient (Wildman–Crippen LogP) is 2.60. The third-order valence-corrected chi connectivity index (χ3v) is 3.37. The van der Waals surface area contributed by atoms with Crippen molar-refractivity contribution < 1.29 is 9.53 Å². The monoisotopic (exact) mass is 321 g/mol. The van der Waals surface area contributed by atoms with Crippen molar-refractivity contribution in [3.05, 3.63) is 31.9 Å². The van der Waals surface area contributed by atoms with Gasteiger partial charge in [0.1, 0.15) is 6.07 Å². The highest BCUT2D eigenvalue weighted by Crippen LogP contribution is 2.25. The van der Waals surface area contributed by atoms with E-state index in [2.05, 4.69) is 4.74 Å². The van der Waals surface area contributed by atoms with Crippen LogP contribution in [0.4, 0.5) is 0 Å². The second-order valence-corrected chi connectivity index (χ2v) is 3.87. The number of halogens is 2. The Hall–Kier alpha value is -0.800. The molecule has 5 heteroatoms. The summed E-state index contributed by atoms with van der Waals surface area (Å²) < 4.78 is 5.10. The summed E-state index contributed by atoms with van der Waals surface area (Å²) in [5, 5.41) is 9.30. The van der Waals surface area contributed by atoms with E-state index in [1.165, 1.54) is 13.2 Å². The molecular weight excluding hydrogens is 316 g/mol. The quantitative estimate of drug-likeness (QED) is 0.590. The van der Waals surface area contributed by atoms with Crippen LogP contribution in [-0.4, -0.2) is 13.1 Å². The Morgan fingerprint density at radius 2 is 2.29 bits per heavy atom. The number of methoxy groups -OCH3 is 1. The van der Waals surface area contributed by atoms with Crippen molar-refractivity contribution in [1.82, 2.24) is 0 Å². The molecular formula is C9H5ClINO2. The maximum Gasteiger partial charge on any atom is 0.339 e. The van der Waals surface area contributed by atoms with Crippen LogP contribution in [0.2, 0.25) is 5.02 Å². The third-order valence-electron chi connectivity index (χ3n) is 1.61. The molecule has 0 aliphatic carbocycles. The number of rotatable bonds is 1. The standard InChI is InChI=1S/C9H5ClINO2/c1-14-9(13)5-2-3-7(10)8(11)6(5)4-12/h2-3H,1H3. The van der Waals surface area contributed by atoms with E-state index in [-0.39, 0.29) is 11.1 Å². The third kappa shape index (κ3) is 1.99. The minimum Gasteiger partial charge on any atom is -0.465 e. The molecule has 0 heterocycles. The number of esters is 1. The summed E-state index contributed by atoms with van der Waals surface area (Å²) >= 11 is 7.72. The number of hydrogen-bond acceptors (Lipinski definition) is 3. The van der Waals surface area contributed by atoms with Gasteiger partial charge in [-0.25, -0.2) is 4.79 Å². The van der Waals surface area contributed by atoms with Crippen LogP contribution in [0.3, 0.4) is 0 Å². The molecule has 0 saturated heterocycles. The fourth-order valence-electron chi connectivity index (χ4n) is 0.940. The molecule has 72 valence electrons. The minimum absolute atomic E-state index is 0.240. The Kier molecular flexibility index (Phi) is 3.72. The SMILES string of the molecule is COC(=O)c1ccc(Cl)c(I)c1C#N. The van der Waals surface area contributed by atoms with E-state index in [0.29, 0.717) is 8.59 Å². The van der Waals surface area contributed by atoms with Crippen molar-refractivity contribution in [3.63, 3.8) is 0 Å². The molecule has 0 aromatic heterocycles. The van der Waals surface area contributed by atoms with Crippen molar-refractivity contribution in [3.8, 4) is 6.07 Å². The highest BCUT2D eigenvalue weighted by atomic mass is 127. The summed E-state index contributed by atoms with van der Waals surface area (Å²) in [6.07, 6.45) is 0. The summed E-state index contributed by atoms with van der Waals surface area (Å²) in [6, 6.07) is 4.97. The Morgan fingerprint density at radius 1 is 1.64 bits per heavy atom. The summed E-state index contributed by atoms with van der Waals surface area (Å²) in [4.78, 5) is 11.2. The smallest absolute Gasteiger partial charge is 0.339 e. The van der Waals surface area contributed by atoms with Gasteiger partial charge in [-0.15, -0.1) is 0 Å². The summed E-state index contributed by atoms with van der Waals surface area (Å²) in [5.74, 6) is -0.531. The number of nitriles is 1. The van der Waals surface area contributed by atoms with Crippen LogP contribution < -0.4 is 0 Å². The molecule has 1 aromatic rings. The molecule has 14 heavy (non-hydrogen) atoms. The van der Waals surface area contributed by atoms with E-state index in [0.717, 1.165) is 0 Å². The number of nitrogens with zero attached hydrogens (tertiary/aromatic N) is 1. The second kappa shape index (κ2) is 4.62. The molecule has 0 aliphatic heterocycles. The highest BCUT2D eigenvalue weighted by Gasteiger charge is 2.16. The molecule has 1 aromatic carbocycles. The predicted molar refractivity (Wildman–Crippen MR) is 60.2 cm³/mol. The first-order valence-corrected chi connectivity index (χ1v) is 5.04. The van der Waals surface area contributed by atoms with Crippen LogP contribution in [0.5, 0.6) is 0 Å². The van der Waals surface area contributed by atoms with Gasteiger partial charge in [0.15, 0.2) is 0 Å². The maximum absolute atomic E-state index is 11.2. The average Bonchev–Trinajstić information content (AvgIpc) is 2.20. The second-order valence-electron chi connectivity index (χ2n) is 2.39. The van der Waals surface area contributed by atoms with Crippen molar-refractivity contribution in [2.24, 2.45) is 0 Å². The van der Waals surface area contributed by atoms with Gasteiger partial charge in [0.25, 0.3) is 0 Å². The van der Waals surface area contributed by atoms with Crippen molar-refractivity contribution in [2.75, 3.05) is 7.11 Å². The van der Waals surface area contributed by atoms with Gasteiger partial charge in [0.05, 0.1) is 26.8 Å². The van der Waals surface area contributed by atoms with Gasteiger partial charge in [-0.2, -0.15) is 5.26 Å². The van der Waals surface area contributed by atoms with Gasteiger partial charge >= 0.3 is 5.97 Å². The van der Waals surface area contributed by atoms with Crippen LogP contribution >= 0.6 is 34.2 Å². The molecule has 0 fully saturated rings. The lowest BCUT2D eigenvalue weighted by Crippen LogP contribution is -2.05. The number of carbonyl (C=O) groups is 1. The van der Waals surface area contributed by atoms with E-state index in [9.17, 15) is 4.79 Å². The van der Waals surface area contributed by atoms with E-state index in [1.54, 1.807) is 6.07 Å². The molecule has 0 N–H and O–H groups in total. The number of benzene rings is 1. The first-order chi connectivity index (χ1) is 6.61. The fraction of sp³-hybridized carbons (Fsp3) is 0.111. The number of ether oxygens (including phenoxy) is 1. The molecule has 0 bridgehead atoms. The van der Waals surface area contributed by atoms with Crippen LogP contribution in [-0.2, 0) is 4.74 Å². The lowest BCUT2D eigenvalue weighted by molar-refractivity contribution is 0.0600.